The number of rotatable bonds is 8. The molecule has 0 saturated carbocycles. The zero-order valence-corrected chi connectivity index (χ0v) is 13.4. The second-order valence-electron chi connectivity index (χ2n) is 5.12. The van der Waals surface area contributed by atoms with Crippen LogP contribution in [0.1, 0.15) is 51.3 Å². The fourth-order valence-corrected chi connectivity index (χ4v) is 2.98. The van der Waals surface area contributed by atoms with Crippen molar-refractivity contribution in [3.8, 4) is 5.75 Å². The van der Waals surface area contributed by atoms with E-state index in [9.17, 15) is 0 Å². The standard InChI is InChI=1S/C16H27NOS/c1-5-12(3)10-19-11-15-9-14(13(4)17)7-8-16(15)18-6-2/h7-9,12-13H,5-6,10-11,17H2,1-4H3. The molecule has 1 rings (SSSR count). The SMILES string of the molecule is CCOc1ccc(C(C)N)cc1CSCC(C)CC. The molecule has 0 spiro atoms. The van der Waals surface area contributed by atoms with Crippen molar-refractivity contribution < 1.29 is 4.74 Å². The Morgan fingerprint density at radius 2 is 2.00 bits per heavy atom. The third-order valence-electron chi connectivity index (χ3n) is 3.27. The summed E-state index contributed by atoms with van der Waals surface area (Å²) in [5.41, 5.74) is 8.41. The smallest absolute Gasteiger partial charge is 0.123 e. The van der Waals surface area contributed by atoms with E-state index < -0.39 is 0 Å². The molecule has 0 radical (unpaired) electrons. The summed E-state index contributed by atoms with van der Waals surface area (Å²) < 4.78 is 5.70. The van der Waals surface area contributed by atoms with E-state index in [1.165, 1.54) is 23.3 Å². The summed E-state index contributed by atoms with van der Waals surface area (Å²) >= 11 is 1.98. The Morgan fingerprint density at radius 1 is 1.26 bits per heavy atom. The van der Waals surface area contributed by atoms with Crippen LogP contribution in [-0.2, 0) is 5.75 Å². The van der Waals surface area contributed by atoms with Gasteiger partial charge in [-0.25, -0.2) is 0 Å². The normalized spacial score (nSPS) is 14.2. The maximum absolute atomic E-state index is 5.96. The average molecular weight is 281 g/mol. The molecule has 0 aliphatic rings. The molecule has 2 N–H and O–H groups in total. The second-order valence-corrected chi connectivity index (χ2v) is 6.15. The number of benzene rings is 1. The minimum atomic E-state index is 0.0778. The Labute approximate surface area is 122 Å². The first-order valence-electron chi connectivity index (χ1n) is 7.17. The fourth-order valence-electron chi connectivity index (χ4n) is 1.78. The van der Waals surface area contributed by atoms with Gasteiger partial charge >= 0.3 is 0 Å². The lowest BCUT2D eigenvalue weighted by atomic mass is 10.1. The molecule has 0 fully saturated rings. The molecule has 2 unspecified atom stereocenters. The highest BCUT2D eigenvalue weighted by molar-refractivity contribution is 7.98. The largest absolute Gasteiger partial charge is 0.494 e. The monoisotopic (exact) mass is 281 g/mol. The summed E-state index contributed by atoms with van der Waals surface area (Å²) in [7, 11) is 0. The number of thioether (sulfide) groups is 1. The Kier molecular flexibility index (Phi) is 7.32. The molecule has 0 aromatic heterocycles. The van der Waals surface area contributed by atoms with Crippen LogP contribution in [0, 0.1) is 5.92 Å². The molecule has 1 aromatic carbocycles. The minimum Gasteiger partial charge on any atom is -0.494 e. The van der Waals surface area contributed by atoms with Crippen LogP contribution in [0.25, 0.3) is 0 Å². The zero-order valence-electron chi connectivity index (χ0n) is 12.6. The summed E-state index contributed by atoms with van der Waals surface area (Å²) in [6.45, 7) is 9.30. The Balaban J connectivity index is 2.73. The van der Waals surface area contributed by atoms with Crippen molar-refractivity contribution in [1.29, 1.82) is 0 Å². The van der Waals surface area contributed by atoms with Crippen molar-refractivity contribution in [2.24, 2.45) is 11.7 Å². The zero-order chi connectivity index (χ0) is 14.3. The van der Waals surface area contributed by atoms with Crippen molar-refractivity contribution in [2.45, 2.75) is 45.9 Å². The van der Waals surface area contributed by atoms with Gasteiger partial charge in [0.1, 0.15) is 5.75 Å². The molecular formula is C16H27NOS. The van der Waals surface area contributed by atoms with E-state index in [-0.39, 0.29) is 6.04 Å². The number of hydrogen-bond donors (Lipinski definition) is 1. The Bertz CT molecular complexity index is 379. The fraction of sp³-hybridized carbons (Fsp3) is 0.625. The van der Waals surface area contributed by atoms with Crippen LogP contribution in [0.2, 0.25) is 0 Å². The van der Waals surface area contributed by atoms with Gasteiger partial charge in [-0.05, 0) is 43.2 Å². The van der Waals surface area contributed by atoms with Gasteiger partial charge in [0, 0.05) is 17.4 Å². The summed E-state index contributed by atoms with van der Waals surface area (Å²) in [6, 6.07) is 6.40. The summed E-state index contributed by atoms with van der Waals surface area (Å²) in [4.78, 5) is 0. The lowest BCUT2D eigenvalue weighted by Gasteiger charge is -2.14. The van der Waals surface area contributed by atoms with Crippen LogP contribution >= 0.6 is 11.8 Å². The van der Waals surface area contributed by atoms with Crippen LogP contribution in [-0.4, -0.2) is 12.4 Å². The second kappa shape index (κ2) is 8.49. The molecule has 0 bridgehead atoms. The van der Waals surface area contributed by atoms with Crippen LogP contribution in [0.15, 0.2) is 18.2 Å². The van der Waals surface area contributed by atoms with Gasteiger partial charge in [0.25, 0.3) is 0 Å². The van der Waals surface area contributed by atoms with Gasteiger partial charge in [0.2, 0.25) is 0 Å². The minimum absolute atomic E-state index is 0.0778. The quantitative estimate of drug-likeness (QED) is 0.768. The third kappa shape index (κ3) is 5.45. The average Bonchev–Trinajstić information content (AvgIpc) is 2.40. The van der Waals surface area contributed by atoms with Crippen molar-refractivity contribution in [1.82, 2.24) is 0 Å². The molecule has 2 atom stereocenters. The first kappa shape index (κ1) is 16.4. The maximum Gasteiger partial charge on any atom is 0.123 e. The lowest BCUT2D eigenvalue weighted by molar-refractivity contribution is 0.337. The van der Waals surface area contributed by atoms with Gasteiger partial charge in [0.15, 0.2) is 0 Å². The summed E-state index contributed by atoms with van der Waals surface area (Å²) in [5, 5.41) is 0. The third-order valence-corrected chi connectivity index (χ3v) is 4.59. The molecular weight excluding hydrogens is 254 g/mol. The molecule has 0 aliphatic carbocycles. The van der Waals surface area contributed by atoms with Gasteiger partial charge < -0.3 is 10.5 Å². The van der Waals surface area contributed by atoms with E-state index in [2.05, 4.69) is 32.0 Å². The van der Waals surface area contributed by atoms with Crippen molar-refractivity contribution in [3.63, 3.8) is 0 Å². The molecule has 0 amide bonds. The van der Waals surface area contributed by atoms with Crippen molar-refractivity contribution in [2.75, 3.05) is 12.4 Å². The molecule has 108 valence electrons. The van der Waals surface area contributed by atoms with Gasteiger partial charge in [-0.2, -0.15) is 11.8 Å². The Hall–Kier alpha value is -0.670. The molecule has 19 heavy (non-hydrogen) atoms. The van der Waals surface area contributed by atoms with Gasteiger partial charge in [-0.15, -0.1) is 0 Å². The molecule has 0 aliphatic heterocycles. The maximum atomic E-state index is 5.96. The van der Waals surface area contributed by atoms with E-state index >= 15 is 0 Å². The lowest BCUT2D eigenvalue weighted by Crippen LogP contribution is -2.06. The van der Waals surface area contributed by atoms with E-state index in [0.29, 0.717) is 6.61 Å². The molecule has 2 nitrogen and oxygen atoms in total. The van der Waals surface area contributed by atoms with E-state index in [4.69, 9.17) is 10.5 Å². The topological polar surface area (TPSA) is 35.2 Å². The van der Waals surface area contributed by atoms with Crippen LogP contribution in [0.5, 0.6) is 5.75 Å². The first-order chi connectivity index (χ1) is 9.08. The summed E-state index contributed by atoms with van der Waals surface area (Å²) in [5.74, 6) is 3.98. The number of nitrogens with two attached hydrogens (primary N) is 1. The van der Waals surface area contributed by atoms with Crippen LogP contribution in [0.3, 0.4) is 0 Å². The molecule has 0 saturated heterocycles. The number of hydrogen-bond acceptors (Lipinski definition) is 3. The Morgan fingerprint density at radius 3 is 2.58 bits per heavy atom. The van der Waals surface area contributed by atoms with Gasteiger partial charge in [-0.1, -0.05) is 26.3 Å². The van der Waals surface area contributed by atoms with Crippen LogP contribution in [0.4, 0.5) is 0 Å². The number of ether oxygens (including phenoxy) is 1. The van der Waals surface area contributed by atoms with E-state index in [1.807, 2.05) is 25.6 Å². The predicted molar refractivity (Wildman–Crippen MR) is 85.8 cm³/mol. The molecule has 3 heteroatoms. The highest BCUT2D eigenvalue weighted by atomic mass is 32.2. The predicted octanol–water partition coefficient (Wildman–Crippen LogP) is 4.38. The van der Waals surface area contributed by atoms with Crippen molar-refractivity contribution >= 4 is 11.8 Å². The molecule has 1 aromatic rings. The van der Waals surface area contributed by atoms with Crippen LogP contribution < -0.4 is 10.5 Å². The van der Waals surface area contributed by atoms with Crippen molar-refractivity contribution in [3.05, 3.63) is 29.3 Å². The van der Waals surface area contributed by atoms with Gasteiger partial charge in [-0.3, -0.25) is 0 Å². The summed E-state index contributed by atoms with van der Waals surface area (Å²) in [6.07, 6.45) is 1.24. The van der Waals surface area contributed by atoms with E-state index in [1.54, 1.807) is 0 Å². The first-order valence-corrected chi connectivity index (χ1v) is 8.32. The highest BCUT2D eigenvalue weighted by Gasteiger charge is 2.08. The van der Waals surface area contributed by atoms with Gasteiger partial charge in [0.05, 0.1) is 6.61 Å². The van der Waals surface area contributed by atoms with E-state index in [0.717, 1.165) is 17.4 Å². The highest BCUT2D eigenvalue weighted by Crippen LogP contribution is 2.27. The molecule has 0 heterocycles.